The third-order valence-electron chi connectivity index (χ3n) is 4.26. The first-order valence-electron chi connectivity index (χ1n) is 8.69. The molecule has 0 aliphatic carbocycles. The summed E-state index contributed by atoms with van der Waals surface area (Å²) >= 11 is 0. The molecule has 146 valence electrons. The Balaban J connectivity index is 0.00000364. The lowest BCUT2D eigenvalue weighted by Crippen LogP contribution is -2.36. The van der Waals surface area contributed by atoms with Crippen molar-refractivity contribution in [3.63, 3.8) is 0 Å². The minimum absolute atomic E-state index is 0. The molecule has 1 aromatic carbocycles. The van der Waals surface area contributed by atoms with E-state index in [0.717, 1.165) is 24.3 Å². The summed E-state index contributed by atoms with van der Waals surface area (Å²) in [5.74, 6) is 1.23. The van der Waals surface area contributed by atoms with Crippen LogP contribution in [-0.2, 0) is 13.1 Å². The monoisotopic (exact) mass is 485 g/mol. The summed E-state index contributed by atoms with van der Waals surface area (Å²) in [7, 11) is 1.64. The number of nitriles is 1. The highest BCUT2D eigenvalue weighted by Gasteiger charge is 2.13. The minimum atomic E-state index is -0.419. The predicted octanol–water partition coefficient (Wildman–Crippen LogP) is 4.07. The zero-order chi connectivity index (χ0) is 18.9. The summed E-state index contributed by atoms with van der Waals surface area (Å²) in [6, 6.07) is 8.27. The van der Waals surface area contributed by atoms with Crippen LogP contribution in [0.2, 0.25) is 0 Å². The first-order valence-corrected chi connectivity index (χ1v) is 8.69. The molecule has 0 amide bonds. The maximum atomic E-state index is 13.9. The standard InChI is InChI=1S/C19H24FN5O.HI/c1-4-14(5-2)18-9-16(26-25-18)12-24-19(22-3)23-11-15-7-6-13(10-21)8-17(15)20;/h6-9,14H,4-5,11-12H2,1-3H3,(H2,22,23,24);1H. The van der Waals surface area contributed by atoms with Gasteiger partial charge in [0, 0.05) is 31.1 Å². The van der Waals surface area contributed by atoms with E-state index in [-0.39, 0.29) is 30.5 Å². The SMILES string of the molecule is CCC(CC)c1cc(CNC(=NC)NCc2ccc(C#N)cc2F)on1.I. The van der Waals surface area contributed by atoms with Gasteiger partial charge in [0.2, 0.25) is 0 Å². The number of halogens is 2. The van der Waals surface area contributed by atoms with Gasteiger partial charge in [-0.15, -0.1) is 24.0 Å². The second kappa shape index (κ2) is 11.5. The molecule has 2 aromatic rings. The van der Waals surface area contributed by atoms with E-state index in [4.69, 9.17) is 9.78 Å². The summed E-state index contributed by atoms with van der Waals surface area (Å²) < 4.78 is 19.3. The van der Waals surface area contributed by atoms with Crippen LogP contribution in [0.5, 0.6) is 0 Å². The van der Waals surface area contributed by atoms with Crippen molar-refractivity contribution in [3.8, 4) is 6.07 Å². The van der Waals surface area contributed by atoms with Gasteiger partial charge in [0.1, 0.15) is 5.82 Å². The molecule has 8 heteroatoms. The van der Waals surface area contributed by atoms with Crippen LogP contribution in [-0.4, -0.2) is 18.2 Å². The third kappa shape index (κ3) is 6.50. The Bertz CT molecular complexity index is 796. The summed E-state index contributed by atoms with van der Waals surface area (Å²) in [6.07, 6.45) is 2.05. The van der Waals surface area contributed by atoms with E-state index < -0.39 is 5.82 Å². The molecular weight excluding hydrogens is 460 g/mol. The van der Waals surface area contributed by atoms with Gasteiger partial charge >= 0.3 is 0 Å². The lowest BCUT2D eigenvalue weighted by Gasteiger charge is -2.11. The summed E-state index contributed by atoms with van der Waals surface area (Å²) in [6.45, 7) is 4.96. The lowest BCUT2D eigenvalue weighted by atomic mass is 9.99. The van der Waals surface area contributed by atoms with Gasteiger partial charge in [-0.05, 0) is 25.0 Å². The molecule has 0 spiro atoms. The van der Waals surface area contributed by atoms with E-state index >= 15 is 0 Å². The van der Waals surface area contributed by atoms with Crippen LogP contribution in [0.15, 0.2) is 33.8 Å². The molecule has 0 atom stereocenters. The summed E-state index contributed by atoms with van der Waals surface area (Å²) in [5, 5.41) is 19.1. The number of hydrogen-bond donors (Lipinski definition) is 2. The van der Waals surface area contributed by atoms with Crippen LogP contribution in [0.1, 0.15) is 55.2 Å². The minimum Gasteiger partial charge on any atom is -0.359 e. The van der Waals surface area contributed by atoms with E-state index in [1.165, 1.54) is 6.07 Å². The molecule has 27 heavy (non-hydrogen) atoms. The normalized spacial score (nSPS) is 11.0. The molecule has 0 saturated carbocycles. The van der Waals surface area contributed by atoms with Crippen molar-refractivity contribution >= 4 is 29.9 Å². The van der Waals surface area contributed by atoms with E-state index in [2.05, 4.69) is 34.6 Å². The molecular formula is C19H25FIN5O. The van der Waals surface area contributed by atoms with Gasteiger partial charge in [0.05, 0.1) is 23.9 Å². The summed E-state index contributed by atoms with van der Waals surface area (Å²) in [5.41, 5.74) is 1.73. The van der Waals surface area contributed by atoms with Crippen molar-refractivity contribution in [2.45, 2.75) is 45.7 Å². The molecule has 0 bridgehead atoms. The average Bonchev–Trinajstić information content (AvgIpc) is 3.12. The van der Waals surface area contributed by atoms with Crippen LogP contribution in [0.3, 0.4) is 0 Å². The zero-order valence-corrected chi connectivity index (χ0v) is 18.1. The van der Waals surface area contributed by atoms with Crippen LogP contribution in [0.25, 0.3) is 0 Å². The van der Waals surface area contributed by atoms with Crippen molar-refractivity contribution in [1.82, 2.24) is 15.8 Å². The molecule has 0 radical (unpaired) electrons. The van der Waals surface area contributed by atoms with Gasteiger partial charge in [-0.1, -0.05) is 25.1 Å². The van der Waals surface area contributed by atoms with Crippen molar-refractivity contribution in [2.24, 2.45) is 4.99 Å². The number of rotatable bonds is 7. The Morgan fingerprint density at radius 3 is 2.56 bits per heavy atom. The topological polar surface area (TPSA) is 86.2 Å². The molecule has 0 unspecified atom stereocenters. The van der Waals surface area contributed by atoms with Crippen LogP contribution >= 0.6 is 24.0 Å². The maximum Gasteiger partial charge on any atom is 0.191 e. The maximum absolute atomic E-state index is 13.9. The highest BCUT2D eigenvalue weighted by molar-refractivity contribution is 14.0. The molecule has 0 saturated heterocycles. The van der Waals surface area contributed by atoms with E-state index in [0.29, 0.717) is 29.5 Å². The fourth-order valence-corrected chi connectivity index (χ4v) is 2.64. The Kier molecular flexibility index (Phi) is 9.78. The number of nitrogens with zero attached hydrogens (tertiary/aromatic N) is 3. The van der Waals surface area contributed by atoms with E-state index in [1.54, 1.807) is 19.2 Å². The van der Waals surface area contributed by atoms with Crippen molar-refractivity contribution < 1.29 is 8.91 Å². The Morgan fingerprint density at radius 2 is 1.96 bits per heavy atom. The second-order valence-corrected chi connectivity index (χ2v) is 5.93. The molecule has 0 fully saturated rings. The average molecular weight is 485 g/mol. The fraction of sp³-hybridized carbons (Fsp3) is 0.421. The van der Waals surface area contributed by atoms with Gasteiger partial charge in [0.25, 0.3) is 0 Å². The largest absolute Gasteiger partial charge is 0.359 e. The van der Waals surface area contributed by atoms with Crippen molar-refractivity contribution in [3.05, 3.63) is 52.7 Å². The van der Waals surface area contributed by atoms with Gasteiger partial charge in [-0.3, -0.25) is 4.99 Å². The van der Waals surface area contributed by atoms with Crippen molar-refractivity contribution in [2.75, 3.05) is 7.05 Å². The van der Waals surface area contributed by atoms with Crippen LogP contribution in [0.4, 0.5) is 4.39 Å². The van der Waals surface area contributed by atoms with Crippen LogP contribution < -0.4 is 10.6 Å². The van der Waals surface area contributed by atoms with Crippen LogP contribution in [0, 0.1) is 17.1 Å². The Hall–Kier alpha value is -2.15. The fourth-order valence-electron chi connectivity index (χ4n) is 2.64. The number of guanidine groups is 1. The van der Waals surface area contributed by atoms with Gasteiger partial charge in [-0.25, -0.2) is 4.39 Å². The molecule has 1 aromatic heterocycles. The van der Waals surface area contributed by atoms with E-state index in [9.17, 15) is 4.39 Å². The van der Waals surface area contributed by atoms with Gasteiger partial charge in [-0.2, -0.15) is 5.26 Å². The highest BCUT2D eigenvalue weighted by Crippen LogP contribution is 2.22. The number of hydrogen-bond acceptors (Lipinski definition) is 4. The third-order valence-corrected chi connectivity index (χ3v) is 4.26. The first kappa shape index (κ1) is 22.9. The van der Waals surface area contributed by atoms with Gasteiger partial charge in [0.15, 0.2) is 11.7 Å². The smallest absolute Gasteiger partial charge is 0.191 e. The molecule has 2 N–H and O–H groups in total. The van der Waals surface area contributed by atoms with E-state index in [1.807, 2.05) is 12.1 Å². The summed E-state index contributed by atoms with van der Waals surface area (Å²) in [4.78, 5) is 4.11. The number of benzene rings is 1. The molecule has 2 rings (SSSR count). The Morgan fingerprint density at radius 1 is 1.26 bits per heavy atom. The number of aromatic nitrogens is 1. The van der Waals surface area contributed by atoms with Gasteiger partial charge < -0.3 is 15.2 Å². The Labute approximate surface area is 176 Å². The first-order chi connectivity index (χ1) is 12.6. The number of aliphatic imine (C=N–C) groups is 1. The molecule has 6 nitrogen and oxygen atoms in total. The highest BCUT2D eigenvalue weighted by atomic mass is 127. The van der Waals surface area contributed by atoms with Crippen molar-refractivity contribution in [1.29, 1.82) is 5.26 Å². The lowest BCUT2D eigenvalue weighted by molar-refractivity contribution is 0.368. The zero-order valence-electron chi connectivity index (χ0n) is 15.8. The quantitative estimate of drug-likeness (QED) is 0.351. The second-order valence-electron chi connectivity index (χ2n) is 5.93. The number of nitrogens with one attached hydrogen (secondary N) is 2. The predicted molar refractivity (Wildman–Crippen MR) is 113 cm³/mol. The molecule has 1 heterocycles. The molecule has 0 aliphatic heterocycles. The molecule has 0 aliphatic rings.